The first kappa shape index (κ1) is 19.1. The third-order valence-electron chi connectivity index (χ3n) is 4.05. The van der Waals surface area contributed by atoms with Gasteiger partial charge in [-0.25, -0.2) is 13.1 Å². The molecule has 1 aliphatic rings. The van der Waals surface area contributed by atoms with Crippen LogP contribution >= 0.6 is 0 Å². The third-order valence-corrected chi connectivity index (χ3v) is 5.59. The summed E-state index contributed by atoms with van der Waals surface area (Å²) in [6.45, 7) is 1.75. The van der Waals surface area contributed by atoms with Crippen molar-refractivity contribution in [3.05, 3.63) is 54.1 Å². The van der Waals surface area contributed by atoms with Gasteiger partial charge in [-0.2, -0.15) is 0 Å². The molecule has 2 amide bonds. The van der Waals surface area contributed by atoms with Crippen LogP contribution in [-0.2, 0) is 14.8 Å². The molecular weight excluding hydrogens is 366 g/mol. The number of anilines is 2. The molecule has 0 spiro atoms. The Morgan fingerprint density at radius 3 is 2.22 bits per heavy atom. The first-order chi connectivity index (χ1) is 12.9. The Hall–Kier alpha value is -2.71. The van der Waals surface area contributed by atoms with E-state index in [2.05, 4.69) is 15.4 Å². The molecule has 8 heteroatoms. The largest absolute Gasteiger partial charge is 0.326 e. The van der Waals surface area contributed by atoms with Gasteiger partial charge in [0.05, 0.1) is 4.90 Å². The van der Waals surface area contributed by atoms with E-state index in [0.717, 1.165) is 12.8 Å². The summed E-state index contributed by atoms with van der Waals surface area (Å²) in [5.74, 6) is -0.483. The smallest absolute Gasteiger partial charge is 0.255 e. The highest BCUT2D eigenvalue weighted by molar-refractivity contribution is 7.89. The minimum Gasteiger partial charge on any atom is -0.326 e. The van der Waals surface area contributed by atoms with E-state index in [1.165, 1.54) is 24.3 Å². The maximum absolute atomic E-state index is 12.4. The number of rotatable bonds is 7. The Kier molecular flexibility index (Phi) is 5.57. The maximum Gasteiger partial charge on any atom is 0.255 e. The Morgan fingerprint density at radius 1 is 1.00 bits per heavy atom. The molecule has 0 aromatic heterocycles. The summed E-state index contributed by atoms with van der Waals surface area (Å²) in [6, 6.07) is 12.6. The number of amides is 2. The SMILES string of the molecule is CCC(=O)Nc1cccc(NC(=O)c2ccc(S(=O)(=O)NC3CC3)cc2)c1. The first-order valence-electron chi connectivity index (χ1n) is 8.71. The topological polar surface area (TPSA) is 104 Å². The van der Waals surface area contributed by atoms with Crippen molar-refractivity contribution in [2.45, 2.75) is 37.1 Å². The number of nitrogens with one attached hydrogen (secondary N) is 3. The van der Waals surface area contributed by atoms with Crippen molar-refractivity contribution in [3.8, 4) is 0 Å². The molecule has 7 nitrogen and oxygen atoms in total. The minimum atomic E-state index is -3.54. The van der Waals surface area contributed by atoms with E-state index in [1.807, 2.05) is 0 Å². The van der Waals surface area contributed by atoms with Crippen LogP contribution in [0.4, 0.5) is 11.4 Å². The van der Waals surface area contributed by atoms with E-state index < -0.39 is 10.0 Å². The van der Waals surface area contributed by atoms with Gasteiger partial charge in [-0.05, 0) is 55.3 Å². The lowest BCUT2D eigenvalue weighted by Crippen LogP contribution is -2.25. The molecule has 1 fully saturated rings. The number of benzene rings is 2. The van der Waals surface area contributed by atoms with Gasteiger partial charge in [0, 0.05) is 29.4 Å². The fraction of sp³-hybridized carbons (Fsp3) is 0.263. The van der Waals surface area contributed by atoms with Crippen LogP contribution in [-0.4, -0.2) is 26.3 Å². The molecule has 0 radical (unpaired) electrons. The number of carbonyl (C=O) groups is 2. The van der Waals surface area contributed by atoms with E-state index in [0.29, 0.717) is 23.4 Å². The lowest BCUT2D eigenvalue weighted by atomic mass is 10.2. The average molecular weight is 387 g/mol. The summed E-state index contributed by atoms with van der Waals surface area (Å²) in [5.41, 5.74) is 1.46. The lowest BCUT2D eigenvalue weighted by Gasteiger charge is -2.09. The van der Waals surface area contributed by atoms with E-state index >= 15 is 0 Å². The summed E-state index contributed by atoms with van der Waals surface area (Å²) in [6.07, 6.45) is 2.08. The summed E-state index contributed by atoms with van der Waals surface area (Å²) >= 11 is 0. The van der Waals surface area contributed by atoms with Gasteiger partial charge in [0.2, 0.25) is 15.9 Å². The zero-order valence-electron chi connectivity index (χ0n) is 14.9. The first-order valence-corrected chi connectivity index (χ1v) is 10.2. The van der Waals surface area contributed by atoms with Crippen molar-refractivity contribution in [3.63, 3.8) is 0 Å². The Bertz CT molecular complexity index is 951. The van der Waals surface area contributed by atoms with Gasteiger partial charge in [-0.3, -0.25) is 9.59 Å². The van der Waals surface area contributed by atoms with Crippen molar-refractivity contribution in [1.82, 2.24) is 4.72 Å². The van der Waals surface area contributed by atoms with Crippen LogP contribution in [0, 0.1) is 0 Å². The highest BCUT2D eigenvalue weighted by Gasteiger charge is 2.27. The zero-order valence-corrected chi connectivity index (χ0v) is 15.7. The molecule has 1 aliphatic carbocycles. The summed E-state index contributed by atoms with van der Waals surface area (Å²) in [4.78, 5) is 24.0. The summed E-state index contributed by atoms with van der Waals surface area (Å²) in [5, 5.41) is 5.46. The Balaban J connectivity index is 1.67. The van der Waals surface area contributed by atoms with Crippen LogP contribution < -0.4 is 15.4 Å². The molecule has 0 bridgehead atoms. The molecular formula is C19H21N3O4S. The number of hydrogen-bond donors (Lipinski definition) is 3. The van der Waals surface area contributed by atoms with Crippen LogP contribution in [0.2, 0.25) is 0 Å². The van der Waals surface area contributed by atoms with Crippen LogP contribution in [0.25, 0.3) is 0 Å². The molecule has 142 valence electrons. The predicted molar refractivity (Wildman–Crippen MR) is 103 cm³/mol. The third kappa shape index (κ3) is 5.15. The summed E-state index contributed by atoms with van der Waals surface area (Å²) < 4.78 is 26.9. The second kappa shape index (κ2) is 7.89. The maximum atomic E-state index is 12.4. The van der Waals surface area contributed by atoms with Gasteiger partial charge in [0.1, 0.15) is 0 Å². The van der Waals surface area contributed by atoms with Gasteiger partial charge >= 0.3 is 0 Å². The van der Waals surface area contributed by atoms with E-state index in [-0.39, 0.29) is 22.8 Å². The van der Waals surface area contributed by atoms with Gasteiger partial charge in [0.25, 0.3) is 5.91 Å². The van der Waals surface area contributed by atoms with Crippen molar-refractivity contribution < 1.29 is 18.0 Å². The fourth-order valence-electron chi connectivity index (χ4n) is 2.40. The molecule has 0 saturated heterocycles. The van der Waals surface area contributed by atoms with Crippen LogP contribution in [0.15, 0.2) is 53.4 Å². The molecule has 3 rings (SSSR count). The monoisotopic (exact) mass is 387 g/mol. The van der Waals surface area contributed by atoms with Crippen molar-refractivity contribution in [2.24, 2.45) is 0 Å². The van der Waals surface area contributed by atoms with Gasteiger partial charge < -0.3 is 10.6 Å². The predicted octanol–water partition coefficient (Wildman–Crippen LogP) is 2.73. The fourth-order valence-corrected chi connectivity index (χ4v) is 3.71. The van der Waals surface area contributed by atoms with Crippen LogP contribution in [0.5, 0.6) is 0 Å². The van der Waals surface area contributed by atoms with E-state index in [1.54, 1.807) is 31.2 Å². The molecule has 27 heavy (non-hydrogen) atoms. The van der Waals surface area contributed by atoms with Gasteiger partial charge in [-0.15, -0.1) is 0 Å². The zero-order chi connectivity index (χ0) is 19.4. The molecule has 0 atom stereocenters. The molecule has 0 unspecified atom stereocenters. The Morgan fingerprint density at radius 2 is 1.63 bits per heavy atom. The highest BCUT2D eigenvalue weighted by Crippen LogP contribution is 2.22. The Labute approximate surface area is 158 Å². The standard InChI is InChI=1S/C19H21N3O4S/c1-2-18(23)20-15-4-3-5-16(12-15)21-19(24)13-6-10-17(11-7-13)27(25,26)22-14-8-9-14/h3-7,10-12,14,22H,2,8-9H2,1H3,(H,20,23)(H,21,24). The lowest BCUT2D eigenvalue weighted by molar-refractivity contribution is -0.115. The molecule has 3 N–H and O–H groups in total. The molecule has 0 heterocycles. The van der Waals surface area contributed by atoms with E-state index in [9.17, 15) is 18.0 Å². The number of hydrogen-bond acceptors (Lipinski definition) is 4. The molecule has 0 aliphatic heterocycles. The van der Waals surface area contributed by atoms with Crippen molar-refractivity contribution >= 4 is 33.2 Å². The van der Waals surface area contributed by atoms with Crippen LogP contribution in [0.3, 0.4) is 0 Å². The highest BCUT2D eigenvalue weighted by atomic mass is 32.2. The van der Waals surface area contributed by atoms with E-state index in [4.69, 9.17) is 0 Å². The molecule has 1 saturated carbocycles. The second-order valence-corrected chi connectivity index (χ2v) is 8.07. The molecule has 2 aromatic rings. The normalized spacial score (nSPS) is 13.8. The van der Waals surface area contributed by atoms with Gasteiger partial charge in [0.15, 0.2) is 0 Å². The quantitative estimate of drug-likeness (QED) is 0.679. The average Bonchev–Trinajstić information content (AvgIpc) is 3.45. The second-order valence-electron chi connectivity index (χ2n) is 6.36. The van der Waals surface area contributed by atoms with Crippen LogP contribution in [0.1, 0.15) is 36.5 Å². The van der Waals surface area contributed by atoms with Gasteiger partial charge in [-0.1, -0.05) is 13.0 Å². The van der Waals surface area contributed by atoms with Crippen molar-refractivity contribution in [1.29, 1.82) is 0 Å². The number of sulfonamides is 1. The molecule has 2 aromatic carbocycles. The minimum absolute atomic E-state index is 0.0263. The summed E-state index contributed by atoms with van der Waals surface area (Å²) in [7, 11) is -3.54. The van der Waals surface area contributed by atoms with Crippen molar-refractivity contribution in [2.75, 3.05) is 10.6 Å². The number of carbonyl (C=O) groups excluding carboxylic acids is 2.